The maximum Gasteiger partial charge on any atom is 0.410 e. The summed E-state index contributed by atoms with van der Waals surface area (Å²) in [7, 11) is 1.59. The topological polar surface area (TPSA) is 90.3 Å². The largest absolute Gasteiger partial charge is 0.444 e. The van der Waals surface area contributed by atoms with Gasteiger partial charge in [0.1, 0.15) is 17.3 Å². The van der Waals surface area contributed by atoms with Gasteiger partial charge in [0.15, 0.2) is 5.78 Å². The van der Waals surface area contributed by atoms with Gasteiger partial charge in [-0.3, -0.25) is 14.7 Å². The molecule has 3 heterocycles. The van der Waals surface area contributed by atoms with Crippen molar-refractivity contribution in [1.82, 2.24) is 9.88 Å². The van der Waals surface area contributed by atoms with Crippen LogP contribution < -0.4 is 0 Å². The third kappa shape index (κ3) is 5.22. The van der Waals surface area contributed by atoms with Crippen LogP contribution in [0.2, 0.25) is 0 Å². The van der Waals surface area contributed by atoms with Crippen molar-refractivity contribution in [3.63, 3.8) is 0 Å². The van der Waals surface area contributed by atoms with Crippen LogP contribution in [0, 0.1) is 0 Å². The second-order valence-corrected chi connectivity index (χ2v) is 8.67. The van der Waals surface area contributed by atoms with Gasteiger partial charge >= 0.3 is 6.09 Å². The number of para-hydroxylation sites is 1. The van der Waals surface area contributed by atoms with E-state index < -0.39 is 12.1 Å². The normalized spacial score (nSPS) is 23.0. The predicted octanol–water partition coefficient (Wildman–Crippen LogP) is 3.81. The minimum Gasteiger partial charge on any atom is -0.444 e. The van der Waals surface area contributed by atoms with Crippen molar-refractivity contribution in [3.05, 3.63) is 42.1 Å². The minimum atomic E-state index is -0.557. The number of carbonyl (C=O) groups is 2. The van der Waals surface area contributed by atoms with E-state index in [1.54, 1.807) is 13.3 Å². The van der Waals surface area contributed by atoms with Crippen LogP contribution in [0.15, 0.2) is 41.7 Å². The summed E-state index contributed by atoms with van der Waals surface area (Å²) in [5, 5.41) is 4.83. The molecule has 1 amide bonds. The van der Waals surface area contributed by atoms with Crippen molar-refractivity contribution in [2.45, 2.75) is 50.5 Å². The molecule has 9 heteroatoms. The van der Waals surface area contributed by atoms with Gasteiger partial charge in [0, 0.05) is 43.5 Å². The van der Waals surface area contributed by atoms with Crippen molar-refractivity contribution in [2.75, 3.05) is 13.7 Å². The second kappa shape index (κ2) is 9.74. The lowest BCUT2D eigenvalue weighted by molar-refractivity contribution is -0.123. The summed E-state index contributed by atoms with van der Waals surface area (Å²) in [5.41, 5.74) is 1.68. The number of carbonyl (C=O) groups excluding carboxylic acids is 2. The highest BCUT2D eigenvalue weighted by Gasteiger charge is 2.40. The zero-order valence-corrected chi connectivity index (χ0v) is 18.8. The van der Waals surface area contributed by atoms with Crippen LogP contribution in [0.5, 0.6) is 0 Å². The van der Waals surface area contributed by atoms with E-state index in [0.717, 1.165) is 21.1 Å². The molecular formula is C22H24BrN3O5. The summed E-state index contributed by atoms with van der Waals surface area (Å²) in [6.07, 6.45) is 2.86. The standard InChI is InChI=1S/C22H24BrN3O5/c1-29-17-9-19(20(27)7-6-16-10-21(23)25-31-16)26(12-17)22(28)30-13-14-8-15-4-2-3-5-18(15)24-11-14/h2-5,8,11,16-17,19H,6-7,9-10,12-13H2,1H3/t16-,17-,19+/m1/s1. The lowest BCUT2D eigenvalue weighted by Crippen LogP contribution is -2.41. The van der Waals surface area contributed by atoms with Gasteiger partial charge in [0.25, 0.3) is 0 Å². The number of ether oxygens (including phenoxy) is 2. The Labute approximate surface area is 188 Å². The number of methoxy groups -OCH3 is 1. The molecule has 0 bridgehead atoms. The summed E-state index contributed by atoms with van der Waals surface area (Å²) < 4.78 is 11.7. The van der Waals surface area contributed by atoms with E-state index in [0.29, 0.717) is 32.2 Å². The number of hydrogen-bond donors (Lipinski definition) is 0. The number of hydrogen-bond acceptors (Lipinski definition) is 7. The third-order valence-corrected chi connectivity index (χ3v) is 6.09. The number of oxime groups is 1. The third-order valence-electron chi connectivity index (χ3n) is 5.62. The van der Waals surface area contributed by atoms with Crippen LogP contribution in [0.1, 0.15) is 31.2 Å². The van der Waals surface area contributed by atoms with Gasteiger partial charge in [-0.05, 0) is 34.5 Å². The van der Waals surface area contributed by atoms with Crippen molar-refractivity contribution in [3.8, 4) is 0 Å². The molecule has 0 radical (unpaired) electrons. The fraction of sp³-hybridized carbons (Fsp3) is 0.455. The predicted molar refractivity (Wildman–Crippen MR) is 118 cm³/mol. The number of ketones is 1. The molecular weight excluding hydrogens is 466 g/mol. The van der Waals surface area contributed by atoms with Crippen LogP contribution in [-0.4, -0.2) is 58.3 Å². The van der Waals surface area contributed by atoms with Gasteiger partial charge in [0.2, 0.25) is 0 Å². The highest BCUT2D eigenvalue weighted by Crippen LogP contribution is 2.25. The van der Waals surface area contributed by atoms with Gasteiger partial charge in [-0.25, -0.2) is 4.79 Å². The first kappa shape index (κ1) is 21.7. The Hall–Kier alpha value is -2.52. The Kier molecular flexibility index (Phi) is 6.82. The van der Waals surface area contributed by atoms with E-state index in [4.69, 9.17) is 14.3 Å². The summed E-state index contributed by atoms with van der Waals surface area (Å²) in [4.78, 5) is 36.8. The lowest BCUT2D eigenvalue weighted by atomic mass is 10.0. The molecule has 0 saturated carbocycles. The number of aromatic nitrogens is 1. The number of halogens is 1. The molecule has 1 aromatic heterocycles. The zero-order chi connectivity index (χ0) is 21.8. The molecule has 2 aromatic rings. The number of fused-ring (bicyclic) bond motifs is 1. The summed E-state index contributed by atoms with van der Waals surface area (Å²) in [6.45, 7) is 0.420. The van der Waals surface area contributed by atoms with Crippen LogP contribution in [-0.2, 0) is 25.7 Å². The molecule has 2 aliphatic heterocycles. The van der Waals surface area contributed by atoms with Crippen molar-refractivity contribution < 1.29 is 23.9 Å². The Bertz CT molecular complexity index is 998. The fourth-order valence-corrected chi connectivity index (χ4v) is 4.36. The zero-order valence-electron chi connectivity index (χ0n) is 17.2. The van der Waals surface area contributed by atoms with E-state index in [2.05, 4.69) is 26.1 Å². The first-order chi connectivity index (χ1) is 15.0. The molecule has 0 unspecified atom stereocenters. The number of amides is 1. The van der Waals surface area contributed by atoms with E-state index in [1.807, 2.05) is 30.3 Å². The molecule has 2 aliphatic rings. The Morgan fingerprint density at radius 2 is 2.16 bits per heavy atom. The quantitative estimate of drug-likeness (QED) is 0.587. The average Bonchev–Trinajstić information content (AvgIpc) is 3.42. The molecule has 164 valence electrons. The average molecular weight is 490 g/mol. The highest BCUT2D eigenvalue weighted by molar-refractivity contribution is 9.18. The number of Topliss-reactive ketones (excluding diaryl/α,β-unsaturated/α-hetero) is 1. The molecule has 1 saturated heterocycles. The van der Waals surface area contributed by atoms with Gasteiger partial charge in [0.05, 0.1) is 24.2 Å². The van der Waals surface area contributed by atoms with Crippen LogP contribution in [0.25, 0.3) is 10.9 Å². The van der Waals surface area contributed by atoms with Gasteiger partial charge in [-0.15, -0.1) is 0 Å². The molecule has 0 spiro atoms. The first-order valence-corrected chi connectivity index (χ1v) is 11.0. The lowest BCUT2D eigenvalue weighted by Gasteiger charge is -2.23. The number of pyridine rings is 1. The van der Waals surface area contributed by atoms with Crippen LogP contribution in [0.3, 0.4) is 0 Å². The van der Waals surface area contributed by atoms with Crippen molar-refractivity contribution in [2.24, 2.45) is 5.16 Å². The summed E-state index contributed by atoms with van der Waals surface area (Å²) in [5.74, 6) is -0.0181. The van der Waals surface area contributed by atoms with E-state index in [1.165, 1.54) is 4.90 Å². The van der Waals surface area contributed by atoms with E-state index >= 15 is 0 Å². The molecule has 0 aliphatic carbocycles. The van der Waals surface area contributed by atoms with Gasteiger partial charge < -0.3 is 14.3 Å². The Morgan fingerprint density at radius 1 is 1.32 bits per heavy atom. The number of benzene rings is 1. The number of rotatable bonds is 7. The first-order valence-electron chi connectivity index (χ1n) is 10.2. The summed E-state index contributed by atoms with van der Waals surface area (Å²) in [6, 6.07) is 9.14. The molecule has 3 atom stereocenters. The highest BCUT2D eigenvalue weighted by atomic mass is 79.9. The molecule has 0 N–H and O–H groups in total. The minimum absolute atomic E-state index is 0.0181. The second-order valence-electron chi connectivity index (χ2n) is 7.76. The fourth-order valence-electron chi connectivity index (χ4n) is 3.92. The van der Waals surface area contributed by atoms with Gasteiger partial charge in [-0.2, -0.15) is 0 Å². The smallest absolute Gasteiger partial charge is 0.410 e. The van der Waals surface area contributed by atoms with Crippen molar-refractivity contribution in [1.29, 1.82) is 0 Å². The van der Waals surface area contributed by atoms with E-state index in [9.17, 15) is 9.59 Å². The van der Waals surface area contributed by atoms with Crippen molar-refractivity contribution >= 4 is 43.3 Å². The van der Waals surface area contributed by atoms with Gasteiger partial charge in [-0.1, -0.05) is 23.4 Å². The number of likely N-dealkylation sites (tertiary alicyclic amines) is 1. The van der Waals surface area contributed by atoms with Crippen LogP contribution in [0.4, 0.5) is 4.79 Å². The molecule has 4 rings (SSSR count). The molecule has 1 fully saturated rings. The monoisotopic (exact) mass is 489 g/mol. The maximum absolute atomic E-state index is 12.9. The SMILES string of the molecule is CO[C@@H]1C[C@@H](C(=O)CC[C@@H]2CC(Br)=NO2)N(C(=O)OCc2cnc3ccccc3c2)C1. The number of nitrogens with zero attached hydrogens (tertiary/aromatic N) is 3. The van der Waals surface area contributed by atoms with Crippen LogP contribution >= 0.6 is 15.9 Å². The Balaban J connectivity index is 1.35. The Morgan fingerprint density at radius 3 is 2.94 bits per heavy atom. The molecule has 31 heavy (non-hydrogen) atoms. The maximum atomic E-state index is 12.9. The summed E-state index contributed by atoms with van der Waals surface area (Å²) >= 11 is 3.30. The molecule has 1 aromatic carbocycles. The molecule has 8 nitrogen and oxygen atoms in total. The van der Waals surface area contributed by atoms with E-state index in [-0.39, 0.29) is 24.6 Å².